The Bertz CT molecular complexity index is 492. The molecule has 1 atom stereocenters. The van der Waals surface area contributed by atoms with Gasteiger partial charge < -0.3 is 24.8 Å². The van der Waals surface area contributed by atoms with Crippen LogP contribution in [0.1, 0.15) is 5.56 Å². The average molecular weight is 264 g/mol. The SMILES string of the molecule is O=C1C(CO)NCCN1Cc1ccc2c(c1)OCO2. The smallest absolute Gasteiger partial charge is 0.242 e. The molecule has 102 valence electrons. The monoisotopic (exact) mass is 264 g/mol. The van der Waals surface area contributed by atoms with Crippen LogP contribution >= 0.6 is 0 Å². The summed E-state index contributed by atoms with van der Waals surface area (Å²) in [6, 6.07) is 5.19. The first-order valence-electron chi connectivity index (χ1n) is 6.29. The molecule has 2 aliphatic heterocycles. The second kappa shape index (κ2) is 5.07. The largest absolute Gasteiger partial charge is 0.454 e. The highest BCUT2D eigenvalue weighted by Gasteiger charge is 2.27. The third kappa shape index (κ3) is 2.36. The van der Waals surface area contributed by atoms with Crippen molar-refractivity contribution in [1.82, 2.24) is 10.2 Å². The molecule has 6 nitrogen and oxygen atoms in total. The number of amides is 1. The number of carbonyl (C=O) groups is 1. The van der Waals surface area contributed by atoms with Crippen molar-refractivity contribution in [3.8, 4) is 11.5 Å². The molecule has 1 fully saturated rings. The van der Waals surface area contributed by atoms with Gasteiger partial charge in [0.1, 0.15) is 6.04 Å². The van der Waals surface area contributed by atoms with E-state index in [0.29, 0.717) is 19.6 Å². The minimum atomic E-state index is -0.484. The molecule has 1 aromatic rings. The number of piperazine rings is 1. The van der Waals surface area contributed by atoms with Gasteiger partial charge in [0.05, 0.1) is 6.61 Å². The second-order valence-corrected chi connectivity index (χ2v) is 4.64. The fraction of sp³-hybridized carbons (Fsp3) is 0.462. The van der Waals surface area contributed by atoms with E-state index in [4.69, 9.17) is 14.6 Å². The van der Waals surface area contributed by atoms with E-state index >= 15 is 0 Å². The summed E-state index contributed by atoms with van der Waals surface area (Å²) < 4.78 is 10.6. The van der Waals surface area contributed by atoms with Crippen LogP contribution < -0.4 is 14.8 Å². The van der Waals surface area contributed by atoms with E-state index < -0.39 is 6.04 Å². The van der Waals surface area contributed by atoms with Crippen LogP contribution in [0.25, 0.3) is 0 Å². The molecule has 2 heterocycles. The lowest BCUT2D eigenvalue weighted by Gasteiger charge is -2.32. The van der Waals surface area contributed by atoms with Crippen LogP contribution in [0, 0.1) is 0 Å². The maximum Gasteiger partial charge on any atom is 0.242 e. The second-order valence-electron chi connectivity index (χ2n) is 4.64. The molecule has 0 bridgehead atoms. The van der Waals surface area contributed by atoms with Gasteiger partial charge in [-0.05, 0) is 17.7 Å². The number of ether oxygens (including phenoxy) is 2. The molecule has 1 unspecified atom stereocenters. The summed E-state index contributed by atoms with van der Waals surface area (Å²) in [7, 11) is 0. The van der Waals surface area contributed by atoms with Gasteiger partial charge in [-0.2, -0.15) is 0 Å². The van der Waals surface area contributed by atoms with Crippen LogP contribution in [0.2, 0.25) is 0 Å². The van der Waals surface area contributed by atoms with Gasteiger partial charge in [-0.25, -0.2) is 0 Å². The summed E-state index contributed by atoms with van der Waals surface area (Å²) in [4.78, 5) is 13.8. The Morgan fingerprint density at radius 2 is 2.21 bits per heavy atom. The van der Waals surface area contributed by atoms with Crippen LogP contribution in [0.4, 0.5) is 0 Å². The van der Waals surface area contributed by atoms with Crippen LogP contribution in [-0.4, -0.2) is 48.4 Å². The Morgan fingerprint density at radius 3 is 3.05 bits per heavy atom. The fourth-order valence-corrected chi connectivity index (χ4v) is 2.35. The summed E-state index contributed by atoms with van der Waals surface area (Å²) in [6.45, 7) is 1.94. The van der Waals surface area contributed by atoms with Crippen molar-refractivity contribution in [3.63, 3.8) is 0 Å². The Morgan fingerprint density at radius 1 is 1.37 bits per heavy atom. The number of benzene rings is 1. The predicted molar refractivity (Wildman–Crippen MR) is 66.9 cm³/mol. The van der Waals surface area contributed by atoms with Gasteiger partial charge in [0.2, 0.25) is 12.7 Å². The number of nitrogens with one attached hydrogen (secondary N) is 1. The topological polar surface area (TPSA) is 71.0 Å². The van der Waals surface area contributed by atoms with Gasteiger partial charge in [0, 0.05) is 19.6 Å². The van der Waals surface area contributed by atoms with E-state index in [1.54, 1.807) is 4.90 Å². The van der Waals surface area contributed by atoms with E-state index in [2.05, 4.69) is 5.32 Å². The quantitative estimate of drug-likeness (QED) is 0.785. The summed E-state index contributed by atoms with van der Waals surface area (Å²) in [5.74, 6) is 1.40. The third-order valence-corrected chi connectivity index (χ3v) is 3.38. The minimum absolute atomic E-state index is 0.0635. The molecule has 1 saturated heterocycles. The number of rotatable bonds is 3. The maximum absolute atomic E-state index is 12.0. The fourth-order valence-electron chi connectivity index (χ4n) is 2.35. The van der Waals surface area contributed by atoms with Crippen LogP contribution in [0.5, 0.6) is 11.5 Å². The molecule has 1 aromatic carbocycles. The van der Waals surface area contributed by atoms with Crippen molar-refractivity contribution in [1.29, 1.82) is 0 Å². The number of aliphatic hydroxyl groups is 1. The van der Waals surface area contributed by atoms with Gasteiger partial charge in [-0.15, -0.1) is 0 Å². The molecule has 0 saturated carbocycles. The Balaban J connectivity index is 1.72. The first kappa shape index (κ1) is 12.3. The van der Waals surface area contributed by atoms with Gasteiger partial charge in [0.25, 0.3) is 0 Å². The minimum Gasteiger partial charge on any atom is -0.454 e. The summed E-state index contributed by atoms with van der Waals surface area (Å²) >= 11 is 0. The highest BCUT2D eigenvalue weighted by molar-refractivity contribution is 5.82. The maximum atomic E-state index is 12.0. The normalized spacial score (nSPS) is 21.8. The van der Waals surface area contributed by atoms with Gasteiger partial charge in [0.15, 0.2) is 11.5 Å². The van der Waals surface area contributed by atoms with Crippen molar-refractivity contribution in [2.24, 2.45) is 0 Å². The zero-order valence-corrected chi connectivity index (χ0v) is 10.5. The molecular weight excluding hydrogens is 248 g/mol. The van der Waals surface area contributed by atoms with E-state index in [-0.39, 0.29) is 19.3 Å². The molecule has 2 N–H and O–H groups in total. The summed E-state index contributed by atoms with van der Waals surface area (Å²) in [5, 5.41) is 12.1. The average Bonchev–Trinajstić information content (AvgIpc) is 2.88. The number of hydrogen-bond acceptors (Lipinski definition) is 5. The van der Waals surface area contributed by atoms with Gasteiger partial charge >= 0.3 is 0 Å². The van der Waals surface area contributed by atoms with E-state index in [1.807, 2.05) is 18.2 Å². The number of aliphatic hydroxyl groups excluding tert-OH is 1. The van der Waals surface area contributed by atoms with Crippen LogP contribution in [0.3, 0.4) is 0 Å². The van der Waals surface area contributed by atoms with Gasteiger partial charge in [-0.3, -0.25) is 4.79 Å². The Hall–Kier alpha value is -1.79. The lowest BCUT2D eigenvalue weighted by molar-refractivity contribution is -0.137. The number of fused-ring (bicyclic) bond motifs is 1. The Labute approximate surface area is 110 Å². The summed E-state index contributed by atoms with van der Waals surface area (Å²) in [6.07, 6.45) is 0. The molecule has 3 rings (SSSR count). The lowest BCUT2D eigenvalue weighted by Crippen LogP contribution is -2.56. The molecule has 0 aliphatic carbocycles. The predicted octanol–water partition coefficient (Wildman–Crippen LogP) is -0.292. The van der Waals surface area contributed by atoms with E-state index in [0.717, 1.165) is 17.1 Å². The lowest BCUT2D eigenvalue weighted by atomic mass is 10.1. The number of carbonyl (C=O) groups excluding carboxylic acids is 1. The first-order valence-corrected chi connectivity index (χ1v) is 6.29. The standard InChI is InChI=1S/C13H16N2O4/c16-7-10-13(17)15(4-3-14-10)6-9-1-2-11-12(5-9)19-8-18-11/h1-2,5,10,14,16H,3-4,6-8H2. The molecule has 19 heavy (non-hydrogen) atoms. The van der Waals surface area contributed by atoms with Crippen molar-refractivity contribution < 1.29 is 19.4 Å². The molecule has 2 aliphatic rings. The van der Waals surface area contributed by atoms with Crippen LogP contribution in [-0.2, 0) is 11.3 Å². The van der Waals surface area contributed by atoms with Crippen LogP contribution in [0.15, 0.2) is 18.2 Å². The zero-order valence-electron chi connectivity index (χ0n) is 10.5. The molecule has 0 spiro atoms. The number of hydrogen-bond donors (Lipinski definition) is 2. The Kier molecular flexibility index (Phi) is 3.27. The molecule has 6 heteroatoms. The molecule has 0 radical (unpaired) electrons. The van der Waals surface area contributed by atoms with Crippen molar-refractivity contribution >= 4 is 5.91 Å². The van der Waals surface area contributed by atoms with Crippen molar-refractivity contribution in [2.75, 3.05) is 26.5 Å². The highest BCUT2D eigenvalue weighted by atomic mass is 16.7. The van der Waals surface area contributed by atoms with E-state index in [1.165, 1.54) is 0 Å². The van der Waals surface area contributed by atoms with Gasteiger partial charge in [-0.1, -0.05) is 6.07 Å². The number of nitrogens with zero attached hydrogens (tertiary/aromatic N) is 1. The first-order chi connectivity index (χ1) is 9.28. The summed E-state index contributed by atoms with van der Waals surface area (Å²) in [5.41, 5.74) is 0.996. The van der Waals surface area contributed by atoms with Crippen molar-refractivity contribution in [3.05, 3.63) is 23.8 Å². The molecular formula is C13H16N2O4. The molecule has 1 amide bonds. The van der Waals surface area contributed by atoms with Crippen molar-refractivity contribution in [2.45, 2.75) is 12.6 Å². The van der Waals surface area contributed by atoms with E-state index in [9.17, 15) is 4.79 Å². The zero-order chi connectivity index (χ0) is 13.2. The molecule has 0 aromatic heterocycles. The third-order valence-electron chi connectivity index (χ3n) is 3.38. The highest BCUT2D eigenvalue weighted by Crippen LogP contribution is 2.32.